The van der Waals surface area contributed by atoms with E-state index in [2.05, 4.69) is 10.2 Å². The van der Waals surface area contributed by atoms with E-state index in [1.165, 1.54) is 0 Å². The molecule has 1 aromatic heterocycles. The van der Waals surface area contributed by atoms with Crippen molar-refractivity contribution in [2.24, 2.45) is 0 Å². The maximum absolute atomic E-state index is 12.1. The van der Waals surface area contributed by atoms with Crippen molar-refractivity contribution in [2.45, 2.75) is 20.4 Å². The minimum atomic E-state index is -0.0392. The van der Waals surface area contributed by atoms with E-state index >= 15 is 0 Å². The molecular weight excluding hydrogens is 254 g/mol. The normalized spacial score (nSPS) is 10.3. The summed E-state index contributed by atoms with van der Waals surface area (Å²) in [5, 5.41) is 6.73. The molecule has 5 heteroatoms. The van der Waals surface area contributed by atoms with Crippen LogP contribution in [0.4, 0.5) is 0 Å². The van der Waals surface area contributed by atoms with Crippen molar-refractivity contribution in [3.63, 3.8) is 0 Å². The highest BCUT2D eigenvalue weighted by atomic mass is 16.5. The van der Waals surface area contributed by atoms with Gasteiger partial charge in [-0.05, 0) is 32.0 Å². The molecule has 1 N–H and O–H groups in total. The third kappa shape index (κ3) is 3.85. The first-order valence-electron chi connectivity index (χ1n) is 6.64. The number of likely N-dealkylation sites (N-methyl/N-ethyl adjacent to an activating group) is 1. The molecule has 0 radical (unpaired) electrons. The van der Waals surface area contributed by atoms with Crippen LogP contribution in [0.15, 0.2) is 36.5 Å². The lowest BCUT2D eigenvalue weighted by Crippen LogP contribution is -2.34. The molecule has 0 saturated heterocycles. The number of aryl methyl sites for hydroxylation is 1. The van der Waals surface area contributed by atoms with Gasteiger partial charge in [-0.2, -0.15) is 5.10 Å². The number of nitrogens with zero attached hydrogens (tertiary/aromatic N) is 2. The molecule has 20 heavy (non-hydrogen) atoms. The van der Waals surface area contributed by atoms with Crippen LogP contribution in [0, 0.1) is 6.92 Å². The van der Waals surface area contributed by atoms with Crippen LogP contribution in [0.5, 0.6) is 5.75 Å². The standard InChI is InChI=1S/C15H19N3O2/c1-3-18(10-13-8-9-16-17-13)15(19)11-20-14-6-4-12(2)5-7-14/h4-9H,3,10-11H2,1-2H3,(H,16,17). The van der Waals surface area contributed by atoms with Gasteiger partial charge >= 0.3 is 0 Å². The molecule has 2 rings (SSSR count). The molecule has 0 aliphatic heterocycles. The number of hydrogen-bond acceptors (Lipinski definition) is 3. The molecule has 0 unspecified atom stereocenters. The number of carbonyl (C=O) groups is 1. The first-order chi connectivity index (χ1) is 9.69. The number of amides is 1. The topological polar surface area (TPSA) is 58.2 Å². The average Bonchev–Trinajstić information content (AvgIpc) is 2.97. The Hall–Kier alpha value is -2.30. The van der Waals surface area contributed by atoms with Crippen molar-refractivity contribution in [3.8, 4) is 5.75 Å². The summed E-state index contributed by atoms with van der Waals surface area (Å²) in [6.45, 7) is 5.16. The van der Waals surface area contributed by atoms with Gasteiger partial charge in [-0.25, -0.2) is 0 Å². The predicted octanol–water partition coefficient (Wildman–Crippen LogP) is 2.15. The number of carbonyl (C=O) groups excluding carboxylic acids is 1. The molecule has 1 heterocycles. The number of hydrogen-bond donors (Lipinski definition) is 1. The zero-order valence-electron chi connectivity index (χ0n) is 11.8. The van der Waals surface area contributed by atoms with Gasteiger partial charge in [0.1, 0.15) is 5.75 Å². The van der Waals surface area contributed by atoms with Gasteiger partial charge in [-0.3, -0.25) is 9.89 Å². The Morgan fingerprint density at radius 3 is 2.65 bits per heavy atom. The summed E-state index contributed by atoms with van der Waals surface area (Å²) < 4.78 is 5.51. The molecule has 1 aromatic carbocycles. The summed E-state index contributed by atoms with van der Waals surface area (Å²) in [5.41, 5.74) is 2.08. The second-order valence-corrected chi connectivity index (χ2v) is 4.59. The molecule has 2 aromatic rings. The molecule has 0 bridgehead atoms. The first-order valence-corrected chi connectivity index (χ1v) is 6.64. The molecule has 0 saturated carbocycles. The van der Waals surface area contributed by atoms with Gasteiger partial charge < -0.3 is 9.64 Å². The number of benzene rings is 1. The second kappa shape index (κ2) is 6.75. The van der Waals surface area contributed by atoms with Crippen LogP contribution in [0.1, 0.15) is 18.2 Å². The fourth-order valence-electron chi connectivity index (χ4n) is 1.83. The third-order valence-corrected chi connectivity index (χ3v) is 3.04. The number of aromatic nitrogens is 2. The number of rotatable bonds is 6. The van der Waals surface area contributed by atoms with Gasteiger partial charge in [0.25, 0.3) is 5.91 Å². The Kier molecular flexibility index (Phi) is 4.76. The van der Waals surface area contributed by atoms with E-state index < -0.39 is 0 Å². The van der Waals surface area contributed by atoms with E-state index in [0.29, 0.717) is 18.8 Å². The lowest BCUT2D eigenvalue weighted by Gasteiger charge is -2.20. The van der Waals surface area contributed by atoms with Crippen LogP contribution in [0.2, 0.25) is 0 Å². The molecular formula is C15H19N3O2. The van der Waals surface area contributed by atoms with Crippen molar-refractivity contribution in [2.75, 3.05) is 13.2 Å². The van der Waals surface area contributed by atoms with E-state index in [1.54, 1.807) is 11.1 Å². The van der Waals surface area contributed by atoms with Gasteiger partial charge in [0.05, 0.1) is 12.2 Å². The zero-order valence-corrected chi connectivity index (χ0v) is 11.8. The first kappa shape index (κ1) is 14.1. The molecule has 106 valence electrons. The average molecular weight is 273 g/mol. The molecule has 5 nitrogen and oxygen atoms in total. The molecule has 0 spiro atoms. The number of H-pyrrole nitrogens is 1. The summed E-state index contributed by atoms with van der Waals surface area (Å²) in [6, 6.07) is 9.52. The number of nitrogens with one attached hydrogen (secondary N) is 1. The second-order valence-electron chi connectivity index (χ2n) is 4.59. The van der Waals surface area contributed by atoms with Crippen molar-refractivity contribution >= 4 is 5.91 Å². The lowest BCUT2D eigenvalue weighted by atomic mass is 10.2. The maximum atomic E-state index is 12.1. The Morgan fingerprint density at radius 2 is 2.05 bits per heavy atom. The predicted molar refractivity (Wildman–Crippen MR) is 76.4 cm³/mol. The molecule has 0 fully saturated rings. The van der Waals surface area contributed by atoms with E-state index in [0.717, 1.165) is 11.3 Å². The molecule has 0 atom stereocenters. The monoisotopic (exact) mass is 273 g/mol. The van der Waals surface area contributed by atoms with Gasteiger partial charge in [0, 0.05) is 12.7 Å². The van der Waals surface area contributed by atoms with E-state index in [-0.39, 0.29) is 12.5 Å². The van der Waals surface area contributed by atoms with Crippen molar-refractivity contribution in [1.82, 2.24) is 15.1 Å². The van der Waals surface area contributed by atoms with Crippen molar-refractivity contribution in [3.05, 3.63) is 47.8 Å². The lowest BCUT2D eigenvalue weighted by molar-refractivity contribution is -0.133. The highest BCUT2D eigenvalue weighted by Crippen LogP contribution is 2.11. The van der Waals surface area contributed by atoms with Crippen LogP contribution < -0.4 is 4.74 Å². The van der Waals surface area contributed by atoms with Crippen LogP contribution in [0.25, 0.3) is 0 Å². The quantitative estimate of drug-likeness (QED) is 0.877. The highest BCUT2D eigenvalue weighted by molar-refractivity contribution is 5.77. The molecule has 0 aliphatic carbocycles. The van der Waals surface area contributed by atoms with Gasteiger partial charge in [-0.1, -0.05) is 17.7 Å². The Bertz CT molecular complexity index is 535. The summed E-state index contributed by atoms with van der Waals surface area (Å²) in [5.74, 6) is 0.671. The van der Waals surface area contributed by atoms with Gasteiger partial charge in [-0.15, -0.1) is 0 Å². The SMILES string of the molecule is CCN(Cc1ccn[nH]1)C(=O)COc1ccc(C)cc1. The van der Waals surface area contributed by atoms with Crippen molar-refractivity contribution in [1.29, 1.82) is 0 Å². The van der Waals surface area contributed by atoms with Gasteiger partial charge in [0.15, 0.2) is 6.61 Å². The van der Waals surface area contributed by atoms with E-state index in [1.807, 2.05) is 44.2 Å². The Morgan fingerprint density at radius 1 is 1.30 bits per heavy atom. The van der Waals surface area contributed by atoms with E-state index in [9.17, 15) is 4.79 Å². The zero-order chi connectivity index (χ0) is 14.4. The molecule has 0 aliphatic rings. The summed E-state index contributed by atoms with van der Waals surface area (Å²) >= 11 is 0. The van der Waals surface area contributed by atoms with Crippen LogP contribution in [-0.2, 0) is 11.3 Å². The van der Waals surface area contributed by atoms with Crippen LogP contribution in [0.3, 0.4) is 0 Å². The summed E-state index contributed by atoms with van der Waals surface area (Å²) in [4.78, 5) is 13.8. The van der Waals surface area contributed by atoms with Crippen LogP contribution in [-0.4, -0.2) is 34.2 Å². The van der Waals surface area contributed by atoms with Crippen LogP contribution >= 0.6 is 0 Å². The summed E-state index contributed by atoms with van der Waals surface area (Å²) in [7, 11) is 0. The number of aromatic amines is 1. The summed E-state index contributed by atoms with van der Waals surface area (Å²) in [6.07, 6.45) is 1.68. The maximum Gasteiger partial charge on any atom is 0.260 e. The third-order valence-electron chi connectivity index (χ3n) is 3.04. The molecule has 1 amide bonds. The Balaban J connectivity index is 1.87. The Labute approximate surface area is 118 Å². The minimum Gasteiger partial charge on any atom is -0.484 e. The van der Waals surface area contributed by atoms with Crippen molar-refractivity contribution < 1.29 is 9.53 Å². The highest BCUT2D eigenvalue weighted by Gasteiger charge is 2.13. The smallest absolute Gasteiger partial charge is 0.260 e. The van der Waals surface area contributed by atoms with E-state index in [4.69, 9.17) is 4.74 Å². The van der Waals surface area contributed by atoms with Gasteiger partial charge in [0.2, 0.25) is 0 Å². The largest absolute Gasteiger partial charge is 0.484 e. The minimum absolute atomic E-state index is 0.0392. The number of ether oxygens (including phenoxy) is 1. The fourth-order valence-corrected chi connectivity index (χ4v) is 1.83. The fraction of sp³-hybridized carbons (Fsp3) is 0.333.